The van der Waals surface area contributed by atoms with Crippen LogP contribution in [0.4, 0.5) is 5.69 Å². The van der Waals surface area contributed by atoms with Gasteiger partial charge in [-0.25, -0.2) is 4.90 Å². The standard InChI is InChI=1S/C22H17NO4/c1-2-27-16-12-10-15(11-13-16)19-20(24)22(26)23(21(19)25)18-9-5-7-14-6-3-4-8-17(14)18/h3-13,24H,2H2,1H3. The molecule has 0 fully saturated rings. The van der Waals surface area contributed by atoms with E-state index < -0.39 is 17.6 Å². The van der Waals surface area contributed by atoms with Crippen LogP contribution in [-0.2, 0) is 9.59 Å². The Hall–Kier alpha value is -3.60. The van der Waals surface area contributed by atoms with Gasteiger partial charge in [0.25, 0.3) is 5.91 Å². The summed E-state index contributed by atoms with van der Waals surface area (Å²) in [5, 5.41) is 12.1. The third kappa shape index (κ3) is 2.73. The minimum absolute atomic E-state index is 0.00372. The monoisotopic (exact) mass is 359 g/mol. The maximum atomic E-state index is 13.0. The molecule has 0 unspecified atom stereocenters. The van der Waals surface area contributed by atoms with Crippen LogP contribution in [0.1, 0.15) is 12.5 Å². The summed E-state index contributed by atoms with van der Waals surface area (Å²) >= 11 is 0. The van der Waals surface area contributed by atoms with Gasteiger partial charge < -0.3 is 9.84 Å². The van der Waals surface area contributed by atoms with E-state index >= 15 is 0 Å². The molecule has 1 aliphatic heterocycles. The van der Waals surface area contributed by atoms with Crippen molar-refractivity contribution in [2.75, 3.05) is 11.5 Å². The first-order chi connectivity index (χ1) is 13.1. The van der Waals surface area contributed by atoms with Gasteiger partial charge in [-0.3, -0.25) is 9.59 Å². The van der Waals surface area contributed by atoms with Gasteiger partial charge in [0.05, 0.1) is 17.9 Å². The molecule has 0 saturated carbocycles. The van der Waals surface area contributed by atoms with Crippen molar-refractivity contribution >= 4 is 33.8 Å². The molecule has 3 aromatic carbocycles. The molecule has 27 heavy (non-hydrogen) atoms. The molecular formula is C22H17NO4. The van der Waals surface area contributed by atoms with E-state index in [1.165, 1.54) is 0 Å². The van der Waals surface area contributed by atoms with Gasteiger partial charge in [0.15, 0.2) is 5.76 Å². The summed E-state index contributed by atoms with van der Waals surface area (Å²) in [4.78, 5) is 26.8. The zero-order valence-electron chi connectivity index (χ0n) is 14.7. The molecule has 1 N–H and O–H groups in total. The molecule has 4 rings (SSSR count). The Balaban J connectivity index is 1.77. The first-order valence-electron chi connectivity index (χ1n) is 8.65. The number of benzene rings is 3. The maximum absolute atomic E-state index is 13.0. The molecule has 1 heterocycles. The lowest BCUT2D eigenvalue weighted by Crippen LogP contribution is -2.31. The number of aliphatic hydroxyl groups is 1. The van der Waals surface area contributed by atoms with Crippen LogP contribution in [0.2, 0.25) is 0 Å². The van der Waals surface area contributed by atoms with Gasteiger partial charge >= 0.3 is 5.91 Å². The van der Waals surface area contributed by atoms with Crippen molar-refractivity contribution in [1.29, 1.82) is 0 Å². The number of hydrogen-bond donors (Lipinski definition) is 1. The van der Waals surface area contributed by atoms with Crippen LogP contribution >= 0.6 is 0 Å². The summed E-state index contributed by atoms with van der Waals surface area (Å²) in [6, 6.07) is 19.6. The Labute approximate surface area is 156 Å². The summed E-state index contributed by atoms with van der Waals surface area (Å²) in [5.74, 6) is -1.15. The zero-order chi connectivity index (χ0) is 19.0. The predicted octanol–water partition coefficient (Wildman–Crippen LogP) is 4.08. The molecule has 0 radical (unpaired) electrons. The molecule has 1 aliphatic rings. The quantitative estimate of drug-likeness (QED) is 0.713. The first-order valence-corrected chi connectivity index (χ1v) is 8.65. The molecule has 3 aromatic rings. The fourth-order valence-corrected chi connectivity index (χ4v) is 3.28. The van der Waals surface area contributed by atoms with Crippen LogP contribution in [-0.4, -0.2) is 23.5 Å². The first kappa shape index (κ1) is 16.8. The fraction of sp³-hybridized carbons (Fsp3) is 0.0909. The van der Waals surface area contributed by atoms with Crippen molar-refractivity contribution in [3.63, 3.8) is 0 Å². The lowest BCUT2D eigenvalue weighted by Gasteiger charge is -2.17. The van der Waals surface area contributed by atoms with Crippen molar-refractivity contribution in [2.45, 2.75) is 6.92 Å². The SMILES string of the molecule is CCOc1ccc(C2=C(O)C(=O)N(c3cccc4ccccc34)C2=O)cc1. The highest BCUT2D eigenvalue weighted by molar-refractivity contribution is 6.45. The second kappa shape index (κ2) is 6.61. The van der Waals surface area contributed by atoms with E-state index in [4.69, 9.17) is 4.74 Å². The molecule has 0 aliphatic carbocycles. The zero-order valence-corrected chi connectivity index (χ0v) is 14.7. The Morgan fingerprint density at radius 3 is 2.33 bits per heavy atom. The molecule has 0 saturated heterocycles. The highest BCUT2D eigenvalue weighted by Crippen LogP contribution is 2.35. The number of hydrogen-bond acceptors (Lipinski definition) is 4. The number of fused-ring (bicyclic) bond motifs is 1. The number of carbonyl (C=O) groups is 2. The van der Waals surface area contributed by atoms with Crippen molar-refractivity contribution in [1.82, 2.24) is 0 Å². The van der Waals surface area contributed by atoms with E-state index in [-0.39, 0.29) is 5.57 Å². The second-order valence-electron chi connectivity index (χ2n) is 6.12. The number of ether oxygens (including phenoxy) is 1. The number of amides is 2. The minimum Gasteiger partial charge on any atom is -0.502 e. The Morgan fingerprint density at radius 2 is 1.59 bits per heavy atom. The topological polar surface area (TPSA) is 66.8 Å². The van der Waals surface area contributed by atoms with Crippen molar-refractivity contribution in [3.05, 3.63) is 78.1 Å². The number of carbonyl (C=O) groups excluding carboxylic acids is 2. The van der Waals surface area contributed by atoms with Gasteiger partial charge in [-0.2, -0.15) is 0 Å². The van der Waals surface area contributed by atoms with Crippen LogP contribution in [0.5, 0.6) is 5.75 Å². The van der Waals surface area contributed by atoms with Gasteiger partial charge in [0.1, 0.15) is 5.75 Å². The van der Waals surface area contributed by atoms with Crippen molar-refractivity contribution in [3.8, 4) is 5.75 Å². The van der Waals surface area contributed by atoms with Crippen molar-refractivity contribution in [2.24, 2.45) is 0 Å². The lowest BCUT2D eigenvalue weighted by molar-refractivity contribution is -0.121. The molecule has 0 aromatic heterocycles. The summed E-state index contributed by atoms with van der Waals surface area (Å²) in [6.07, 6.45) is 0. The molecule has 0 spiro atoms. The minimum atomic E-state index is -0.722. The van der Waals surface area contributed by atoms with Gasteiger partial charge in [-0.15, -0.1) is 0 Å². The van der Waals surface area contributed by atoms with Gasteiger partial charge in [-0.1, -0.05) is 48.5 Å². The summed E-state index contributed by atoms with van der Waals surface area (Å²) in [7, 11) is 0. The number of aliphatic hydroxyl groups excluding tert-OH is 1. The number of anilines is 1. The summed E-state index contributed by atoms with van der Waals surface area (Å²) in [5.41, 5.74) is 0.920. The second-order valence-corrected chi connectivity index (χ2v) is 6.12. The summed E-state index contributed by atoms with van der Waals surface area (Å²) in [6.45, 7) is 2.41. The molecule has 5 nitrogen and oxygen atoms in total. The van der Waals surface area contributed by atoms with Crippen LogP contribution in [0.25, 0.3) is 16.3 Å². The van der Waals surface area contributed by atoms with Crippen LogP contribution < -0.4 is 9.64 Å². The maximum Gasteiger partial charge on any atom is 0.301 e. The van der Waals surface area contributed by atoms with E-state index in [0.29, 0.717) is 23.6 Å². The molecule has 0 atom stereocenters. The highest BCUT2D eigenvalue weighted by Gasteiger charge is 2.40. The lowest BCUT2D eigenvalue weighted by atomic mass is 10.0. The third-order valence-corrected chi connectivity index (χ3v) is 4.52. The average Bonchev–Trinajstić information content (AvgIpc) is 2.91. The predicted molar refractivity (Wildman–Crippen MR) is 104 cm³/mol. The Bertz CT molecular complexity index is 1080. The average molecular weight is 359 g/mol. The van der Waals surface area contributed by atoms with E-state index in [9.17, 15) is 14.7 Å². The van der Waals surface area contributed by atoms with Crippen molar-refractivity contribution < 1.29 is 19.4 Å². The Kier molecular flexibility index (Phi) is 4.12. The van der Waals surface area contributed by atoms with E-state index in [1.807, 2.05) is 37.3 Å². The molecule has 134 valence electrons. The Morgan fingerprint density at radius 1 is 0.889 bits per heavy atom. The highest BCUT2D eigenvalue weighted by atomic mass is 16.5. The molecule has 5 heteroatoms. The number of nitrogens with zero attached hydrogens (tertiary/aromatic N) is 1. The van der Waals surface area contributed by atoms with Gasteiger partial charge in [0, 0.05) is 5.39 Å². The fourth-order valence-electron chi connectivity index (χ4n) is 3.28. The van der Waals surface area contributed by atoms with Gasteiger partial charge in [-0.05, 0) is 36.1 Å². The van der Waals surface area contributed by atoms with Crippen LogP contribution in [0.15, 0.2) is 72.5 Å². The van der Waals surface area contributed by atoms with Crippen LogP contribution in [0.3, 0.4) is 0 Å². The number of rotatable bonds is 4. The molecule has 0 bridgehead atoms. The number of imide groups is 1. The molecular weight excluding hydrogens is 342 g/mol. The largest absolute Gasteiger partial charge is 0.502 e. The third-order valence-electron chi connectivity index (χ3n) is 4.52. The van der Waals surface area contributed by atoms with E-state index in [2.05, 4.69) is 0 Å². The van der Waals surface area contributed by atoms with Crippen LogP contribution in [0, 0.1) is 0 Å². The van der Waals surface area contributed by atoms with E-state index in [1.54, 1.807) is 36.4 Å². The molecule has 2 amide bonds. The summed E-state index contributed by atoms with van der Waals surface area (Å²) < 4.78 is 5.40. The van der Waals surface area contributed by atoms with Gasteiger partial charge in [0.2, 0.25) is 0 Å². The van der Waals surface area contributed by atoms with E-state index in [0.717, 1.165) is 15.7 Å². The smallest absolute Gasteiger partial charge is 0.301 e. The normalized spacial score (nSPS) is 14.3.